The van der Waals surface area contributed by atoms with Crippen molar-refractivity contribution in [2.24, 2.45) is 5.73 Å². The van der Waals surface area contributed by atoms with E-state index in [1.807, 2.05) is 20.8 Å². The van der Waals surface area contributed by atoms with Crippen molar-refractivity contribution in [3.63, 3.8) is 0 Å². The van der Waals surface area contributed by atoms with Gasteiger partial charge in [-0.2, -0.15) is 0 Å². The topological polar surface area (TPSA) is 35.2 Å². The number of ether oxygens (including phenoxy) is 1. The molecule has 1 atom stereocenters. The van der Waals surface area contributed by atoms with Crippen LogP contribution in [0.2, 0.25) is 0 Å². The third-order valence-electron chi connectivity index (χ3n) is 2.86. The van der Waals surface area contributed by atoms with Crippen LogP contribution in [0.25, 0.3) is 0 Å². The normalized spacial score (nSPS) is 13.8. The SMILES string of the molecule is CCOC(C)(C)C(N)Cc1cc(F)ccc1Br. The quantitative estimate of drug-likeness (QED) is 0.906. The molecule has 0 saturated heterocycles. The van der Waals surface area contributed by atoms with Crippen LogP contribution < -0.4 is 5.73 Å². The number of hydrogen-bond donors (Lipinski definition) is 1. The molecule has 1 unspecified atom stereocenters. The Balaban J connectivity index is 2.80. The molecule has 1 rings (SSSR count). The summed E-state index contributed by atoms with van der Waals surface area (Å²) in [5.74, 6) is -0.246. The molecule has 0 spiro atoms. The molecule has 0 aromatic heterocycles. The third-order valence-corrected chi connectivity index (χ3v) is 3.63. The molecule has 0 saturated carbocycles. The van der Waals surface area contributed by atoms with Crippen LogP contribution >= 0.6 is 15.9 Å². The molecule has 17 heavy (non-hydrogen) atoms. The van der Waals surface area contributed by atoms with Crippen LogP contribution in [0.5, 0.6) is 0 Å². The molecule has 0 radical (unpaired) electrons. The number of rotatable bonds is 5. The smallest absolute Gasteiger partial charge is 0.123 e. The van der Waals surface area contributed by atoms with Crippen LogP contribution in [-0.2, 0) is 11.2 Å². The summed E-state index contributed by atoms with van der Waals surface area (Å²) in [5.41, 5.74) is 6.57. The van der Waals surface area contributed by atoms with Crippen molar-refractivity contribution < 1.29 is 9.13 Å². The minimum absolute atomic E-state index is 0.180. The van der Waals surface area contributed by atoms with E-state index in [2.05, 4.69) is 15.9 Å². The van der Waals surface area contributed by atoms with Crippen LogP contribution in [0.15, 0.2) is 22.7 Å². The Morgan fingerprint density at radius 1 is 1.47 bits per heavy atom. The fraction of sp³-hybridized carbons (Fsp3) is 0.538. The van der Waals surface area contributed by atoms with Gasteiger partial charge in [0.2, 0.25) is 0 Å². The van der Waals surface area contributed by atoms with Crippen molar-refractivity contribution in [2.75, 3.05) is 6.61 Å². The molecule has 0 bridgehead atoms. The van der Waals surface area contributed by atoms with Crippen molar-refractivity contribution in [3.8, 4) is 0 Å². The van der Waals surface area contributed by atoms with Crippen LogP contribution in [0, 0.1) is 5.82 Å². The molecule has 0 aliphatic heterocycles. The average molecular weight is 304 g/mol. The summed E-state index contributed by atoms with van der Waals surface area (Å²) >= 11 is 3.40. The lowest BCUT2D eigenvalue weighted by Gasteiger charge is -2.31. The molecule has 4 heteroatoms. The van der Waals surface area contributed by atoms with Crippen molar-refractivity contribution in [2.45, 2.75) is 38.8 Å². The van der Waals surface area contributed by atoms with Gasteiger partial charge in [0.25, 0.3) is 0 Å². The molecule has 2 nitrogen and oxygen atoms in total. The summed E-state index contributed by atoms with van der Waals surface area (Å²) < 4.78 is 19.6. The Kier molecular flexibility index (Phi) is 5.10. The second-order valence-corrected chi connectivity index (χ2v) is 5.44. The third kappa shape index (κ3) is 4.05. The summed E-state index contributed by atoms with van der Waals surface area (Å²) in [6.45, 7) is 6.46. The van der Waals surface area contributed by atoms with E-state index in [4.69, 9.17) is 10.5 Å². The lowest BCUT2D eigenvalue weighted by Crippen LogP contribution is -2.46. The molecule has 2 N–H and O–H groups in total. The van der Waals surface area contributed by atoms with Crippen molar-refractivity contribution in [1.82, 2.24) is 0 Å². The molecular weight excluding hydrogens is 285 g/mol. The summed E-state index contributed by atoms with van der Waals surface area (Å²) in [7, 11) is 0. The standard InChI is InChI=1S/C13H19BrFNO/c1-4-17-13(2,3)12(16)8-9-7-10(15)5-6-11(9)14/h5-7,12H,4,8,16H2,1-3H3. The fourth-order valence-electron chi connectivity index (χ4n) is 1.66. The van der Waals surface area contributed by atoms with Crippen molar-refractivity contribution in [3.05, 3.63) is 34.1 Å². The number of hydrogen-bond acceptors (Lipinski definition) is 2. The van der Waals surface area contributed by atoms with E-state index in [1.54, 1.807) is 6.07 Å². The Labute approximate surface area is 110 Å². The van der Waals surface area contributed by atoms with Gasteiger partial charge in [0.15, 0.2) is 0 Å². The maximum atomic E-state index is 13.1. The predicted molar refractivity (Wildman–Crippen MR) is 71.5 cm³/mol. The highest BCUT2D eigenvalue weighted by molar-refractivity contribution is 9.10. The largest absolute Gasteiger partial charge is 0.374 e. The van der Waals surface area contributed by atoms with Crippen LogP contribution in [0.3, 0.4) is 0 Å². The lowest BCUT2D eigenvalue weighted by atomic mass is 9.93. The second-order valence-electron chi connectivity index (χ2n) is 4.58. The molecule has 0 aliphatic carbocycles. The molecule has 0 fully saturated rings. The van der Waals surface area contributed by atoms with Gasteiger partial charge < -0.3 is 10.5 Å². The van der Waals surface area contributed by atoms with E-state index in [-0.39, 0.29) is 11.9 Å². The molecule has 0 aliphatic rings. The van der Waals surface area contributed by atoms with E-state index in [0.717, 1.165) is 10.0 Å². The van der Waals surface area contributed by atoms with Gasteiger partial charge in [0, 0.05) is 17.1 Å². The summed E-state index contributed by atoms with van der Waals surface area (Å²) in [6, 6.07) is 4.45. The monoisotopic (exact) mass is 303 g/mol. The fourth-order valence-corrected chi connectivity index (χ4v) is 2.07. The summed E-state index contributed by atoms with van der Waals surface area (Å²) in [4.78, 5) is 0. The molecule has 1 aromatic rings. The first-order valence-electron chi connectivity index (χ1n) is 5.70. The zero-order valence-electron chi connectivity index (χ0n) is 10.5. The molecular formula is C13H19BrFNO. The summed E-state index contributed by atoms with van der Waals surface area (Å²) in [6.07, 6.45) is 0.575. The molecule has 1 aromatic carbocycles. The van der Waals surface area contributed by atoms with E-state index in [0.29, 0.717) is 13.0 Å². The number of nitrogens with two attached hydrogens (primary N) is 1. The van der Waals surface area contributed by atoms with Crippen LogP contribution in [-0.4, -0.2) is 18.2 Å². The predicted octanol–water partition coefficient (Wildman–Crippen LogP) is 3.27. The average Bonchev–Trinajstić information content (AvgIpc) is 2.23. The first kappa shape index (κ1) is 14.6. The summed E-state index contributed by atoms with van der Waals surface area (Å²) in [5, 5.41) is 0. The van der Waals surface area contributed by atoms with Gasteiger partial charge in [-0.05, 0) is 51.0 Å². The highest BCUT2D eigenvalue weighted by Gasteiger charge is 2.27. The molecule has 96 valence electrons. The Hall–Kier alpha value is -0.450. The van der Waals surface area contributed by atoms with Gasteiger partial charge in [0.1, 0.15) is 5.82 Å². The molecule has 0 heterocycles. The van der Waals surface area contributed by atoms with E-state index in [9.17, 15) is 4.39 Å². The number of benzene rings is 1. The zero-order valence-corrected chi connectivity index (χ0v) is 12.1. The lowest BCUT2D eigenvalue weighted by molar-refractivity contribution is -0.0288. The Bertz CT molecular complexity index is 382. The second kappa shape index (κ2) is 5.94. The first-order chi connectivity index (χ1) is 7.86. The van der Waals surface area contributed by atoms with E-state index < -0.39 is 5.60 Å². The maximum Gasteiger partial charge on any atom is 0.123 e. The Morgan fingerprint density at radius 2 is 2.12 bits per heavy atom. The van der Waals surface area contributed by atoms with Gasteiger partial charge in [0.05, 0.1) is 5.60 Å². The highest BCUT2D eigenvalue weighted by Crippen LogP contribution is 2.23. The maximum absolute atomic E-state index is 13.1. The van der Waals surface area contributed by atoms with E-state index in [1.165, 1.54) is 12.1 Å². The van der Waals surface area contributed by atoms with Gasteiger partial charge in [-0.25, -0.2) is 4.39 Å². The molecule has 0 amide bonds. The van der Waals surface area contributed by atoms with E-state index >= 15 is 0 Å². The van der Waals surface area contributed by atoms with Crippen LogP contribution in [0.1, 0.15) is 26.3 Å². The Morgan fingerprint density at radius 3 is 2.71 bits per heavy atom. The highest BCUT2D eigenvalue weighted by atomic mass is 79.9. The van der Waals surface area contributed by atoms with Crippen molar-refractivity contribution in [1.29, 1.82) is 0 Å². The van der Waals surface area contributed by atoms with Crippen LogP contribution in [0.4, 0.5) is 4.39 Å². The van der Waals surface area contributed by atoms with Gasteiger partial charge in [-0.3, -0.25) is 0 Å². The zero-order chi connectivity index (χ0) is 13.1. The van der Waals surface area contributed by atoms with Gasteiger partial charge in [-0.1, -0.05) is 15.9 Å². The minimum Gasteiger partial charge on any atom is -0.374 e. The first-order valence-corrected chi connectivity index (χ1v) is 6.49. The number of halogens is 2. The van der Waals surface area contributed by atoms with Gasteiger partial charge in [-0.15, -0.1) is 0 Å². The van der Waals surface area contributed by atoms with Crippen molar-refractivity contribution >= 4 is 15.9 Å². The minimum atomic E-state index is -0.416. The van der Waals surface area contributed by atoms with Gasteiger partial charge >= 0.3 is 0 Å².